The Kier molecular flexibility index (Phi) is 5.32. The van der Waals surface area contributed by atoms with Crippen LogP contribution in [-0.2, 0) is 9.53 Å². The number of nitro benzene ring substituents is 1. The van der Waals surface area contributed by atoms with E-state index in [0.717, 1.165) is 0 Å². The van der Waals surface area contributed by atoms with E-state index in [0.29, 0.717) is 32.0 Å². The lowest BCUT2D eigenvalue weighted by atomic mass is 10.0. The van der Waals surface area contributed by atoms with Crippen LogP contribution in [0.25, 0.3) is 0 Å². The number of benzene rings is 1. The van der Waals surface area contributed by atoms with E-state index in [1.807, 2.05) is 13.8 Å². The lowest BCUT2D eigenvalue weighted by Gasteiger charge is -2.32. The van der Waals surface area contributed by atoms with Crippen LogP contribution >= 0.6 is 0 Å². The van der Waals surface area contributed by atoms with Gasteiger partial charge in [-0.1, -0.05) is 13.8 Å². The van der Waals surface area contributed by atoms with Crippen LogP contribution in [0.4, 0.5) is 11.4 Å². The van der Waals surface area contributed by atoms with Crippen molar-refractivity contribution in [1.29, 1.82) is 0 Å². The Hall–Kier alpha value is -2.15. The summed E-state index contributed by atoms with van der Waals surface area (Å²) < 4.78 is 5.27. The number of carbonyl (C=O) groups is 1. The number of non-ortho nitro benzene ring substituents is 1. The highest BCUT2D eigenvalue weighted by Gasteiger charge is 2.28. The normalized spacial score (nSPS) is 16.4. The van der Waals surface area contributed by atoms with Gasteiger partial charge in [0.1, 0.15) is 6.04 Å². The molecule has 1 saturated heterocycles. The Balaban J connectivity index is 2.07. The molecule has 1 N–H and O–H groups in total. The van der Waals surface area contributed by atoms with Crippen molar-refractivity contribution in [2.75, 3.05) is 31.6 Å². The van der Waals surface area contributed by atoms with E-state index >= 15 is 0 Å². The number of anilines is 1. The van der Waals surface area contributed by atoms with Gasteiger partial charge in [0.05, 0.1) is 18.1 Å². The second-order valence-corrected chi connectivity index (χ2v) is 5.61. The topological polar surface area (TPSA) is 84.7 Å². The molecule has 0 radical (unpaired) electrons. The molecule has 1 aliphatic rings. The lowest BCUT2D eigenvalue weighted by Crippen LogP contribution is -2.49. The zero-order valence-electron chi connectivity index (χ0n) is 12.8. The monoisotopic (exact) mass is 307 g/mol. The molecule has 1 aromatic rings. The maximum atomic E-state index is 12.6. The molecule has 0 bridgehead atoms. The minimum absolute atomic E-state index is 0.0335. The number of rotatable bonds is 5. The zero-order valence-corrected chi connectivity index (χ0v) is 12.8. The highest BCUT2D eigenvalue weighted by Crippen LogP contribution is 2.19. The number of hydrogen-bond acceptors (Lipinski definition) is 5. The minimum atomic E-state index is -0.442. The molecule has 1 heterocycles. The smallest absolute Gasteiger partial charge is 0.269 e. The van der Waals surface area contributed by atoms with Crippen LogP contribution in [0.3, 0.4) is 0 Å². The van der Waals surface area contributed by atoms with Gasteiger partial charge in [-0.15, -0.1) is 0 Å². The van der Waals surface area contributed by atoms with E-state index in [1.165, 1.54) is 12.1 Å². The summed E-state index contributed by atoms with van der Waals surface area (Å²) in [4.78, 5) is 24.6. The number of nitro groups is 1. The number of morpholine rings is 1. The lowest BCUT2D eigenvalue weighted by molar-refractivity contribution is -0.384. The molecule has 0 saturated carbocycles. The Morgan fingerprint density at radius 2 is 1.86 bits per heavy atom. The molecule has 7 nitrogen and oxygen atoms in total. The zero-order chi connectivity index (χ0) is 16.1. The largest absolute Gasteiger partial charge is 0.378 e. The van der Waals surface area contributed by atoms with E-state index < -0.39 is 4.92 Å². The maximum Gasteiger partial charge on any atom is 0.269 e. The molecule has 1 fully saturated rings. The second-order valence-electron chi connectivity index (χ2n) is 5.61. The van der Waals surface area contributed by atoms with Crippen molar-refractivity contribution < 1.29 is 14.5 Å². The van der Waals surface area contributed by atoms with Gasteiger partial charge >= 0.3 is 0 Å². The van der Waals surface area contributed by atoms with E-state index in [4.69, 9.17) is 4.74 Å². The average molecular weight is 307 g/mol. The summed E-state index contributed by atoms with van der Waals surface area (Å²) in [6.07, 6.45) is 0. The number of carbonyl (C=O) groups excluding carboxylic acids is 1. The van der Waals surface area contributed by atoms with Crippen molar-refractivity contribution in [3.8, 4) is 0 Å². The molecule has 0 aliphatic carbocycles. The molecule has 1 atom stereocenters. The van der Waals surface area contributed by atoms with Crippen molar-refractivity contribution in [3.05, 3.63) is 34.4 Å². The third-order valence-electron chi connectivity index (χ3n) is 3.66. The molecule has 0 spiro atoms. The molecular weight excluding hydrogens is 286 g/mol. The Labute approximate surface area is 129 Å². The first kappa shape index (κ1) is 16.2. The fourth-order valence-corrected chi connectivity index (χ4v) is 2.35. The number of hydrogen-bond donors (Lipinski definition) is 1. The summed E-state index contributed by atoms with van der Waals surface area (Å²) in [7, 11) is 0. The molecule has 1 aliphatic heterocycles. The van der Waals surface area contributed by atoms with Gasteiger partial charge < -0.3 is 15.0 Å². The third-order valence-corrected chi connectivity index (χ3v) is 3.66. The molecule has 1 aromatic carbocycles. The quantitative estimate of drug-likeness (QED) is 0.663. The Morgan fingerprint density at radius 3 is 2.36 bits per heavy atom. The van der Waals surface area contributed by atoms with Crippen LogP contribution in [0.5, 0.6) is 0 Å². The van der Waals surface area contributed by atoms with E-state index in [-0.39, 0.29) is 23.6 Å². The highest BCUT2D eigenvalue weighted by atomic mass is 16.6. The summed E-state index contributed by atoms with van der Waals surface area (Å²) in [5.74, 6) is 0.141. The first-order valence-electron chi connectivity index (χ1n) is 7.36. The van der Waals surface area contributed by atoms with Crippen molar-refractivity contribution in [1.82, 2.24) is 4.90 Å². The molecule has 2 rings (SSSR count). The predicted octanol–water partition coefficient (Wildman–Crippen LogP) is 1.89. The van der Waals surface area contributed by atoms with Crippen LogP contribution in [-0.4, -0.2) is 48.1 Å². The Bertz CT molecular complexity index is 524. The van der Waals surface area contributed by atoms with E-state index in [2.05, 4.69) is 5.32 Å². The third kappa shape index (κ3) is 3.94. The molecule has 120 valence electrons. The molecular formula is C15H21N3O4. The number of nitrogens with one attached hydrogen (secondary N) is 1. The van der Waals surface area contributed by atoms with E-state index in [1.54, 1.807) is 17.0 Å². The second kappa shape index (κ2) is 7.22. The fourth-order valence-electron chi connectivity index (χ4n) is 2.35. The first-order chi connectivity index (χ1) is 10.5. The highest BCUT2D eigenvalue weighted by molar-refractivity contribution is 5.85. The summed E-state index contributed by atoms with van der Waals surface area (Å²) in [6.45, 7) is 6.28. The van der Waals surface area contributed by atoms with E-state index in [9.17, 15) is 14.9 Å². The standard InChI is InChI=1S/C15H21N3O4/c1-11(2)14(15(19)17-7-9-22-10-8-17)16-12-3-5-13(6-4-12)18(20)21/h3-6,11,14,16H,7-10H2,1-2H3. The molecule has 1 amide bonds. The molecule has 22 heavy (non-hydrogen) atoms. The van der Waals surface area contributed by atoms with Crippen LogP contribution in [0, 0.1) is 16.0 Å². The van der Waals surface area contributed by atoms with Gasteiger partial charge in [-0.05, 0) is 18.1 Å². The molecule has 1 unspecified atom stereocenters. The number of nitrogens with zero attached hydrogens (tertiary/aromatic N) is 2. The van der Waals surface area contributed by atoms with Crippen LogP contribution < -0.4 is 5.32 Å². The summed E-state index contributed by atoms with van der Waals surface area (Å²) in [5.41, 5.74) is 0.733. The van der Waals surface area contributed by atoms with Gasteiger partial charge in [-0.3, -0.25) is 14.9 Å². The summed E-state index contributed by atoms with van der Waals surface area (Å²) >= 11 is 0. The average Bonchev–Trinajstić information content (AvgIpc) is 2.53. The van der Waals surface area contributed by atoms with Crippen LogP contribution in [0.1, 0.15) is 13.8 Å². The SMILES string of the molecule is CC(C)C(Nc1ccc([N+](=O)[O-])cc1)C(=O)N1CCOCC1. The van der Waals surface area contributed by atoms with Crippen molar-refractivity contribution in [2.45, 2.75) is 19.9 Å². The van der Waals surface area contributed by atoms with Gasteiger partial charge in [0.2, 0.25) is 5.91 Å². The molecule has 0 aromatic heterocycles. The van der Waals surface area contributed by atoms with Crippen LogP contribution in [0.2, 0.25) is 0 Å². The van der Waals surface area contributed by atoms with Gasteiger partial charge in [0, 0.05) is 30.9 Å². The van der Waals surface area contributed by atoms with Crippen LogP contribution in [0.15, 0.2) is 24.3 Å². The summed E-state index contributed by atoms with van der Waals surface area (Å²) in [5, 5.41) is 13.9. The van der Waals surface area contributed by atoms with Crippen molar-refractivity contribution in [2.24, 2.45) is 5.92 Å². The predicted molar refractivity (Wildman–Crippen MR) is 82.7 cm³/mol. The Morgan fingerprint density at radius 1 is 1.27 bits per heavy atom. The van der Waals surface area contributed by atoms with Crippen molar-refractivity contribution in [3.63, 3.8) is 0 Å². The minimum Gasteiger partial charge on any atom is -0.378 e. The fraction of sp³-hybridized carbons (Fsp3) is 0.533. The van der Waals surface area contributed by atoms with Crippen molar-refractivity contribution >= 4 is 17.3 Å². The summed E-state index contributed by atoms with van der Waals surface area (Å²) in [6, 6.07) is 5.75. The molecule has 7 heteroatoms. The van der Waals surface area contributed by atoms with Gasteiger partial charge in [-0.2, -0.15) is 0 Å². The number of amides is 1. The first-order valence-corrected chi connectivity index (χ1v) is 7.36. The van der Waals surface area contributed by atoms with Gasteiger partial charge in [0.15, 0.2) is 0 Å². The number of ether oxygens (including phenoxy) is 1. The van der Waals surface area contributed by atoms with Gasteiger partial charge in [-0.25, -0.2) is 0 Å². The van der Waals surface area contributed by atoms with Gasteiger partial charge in [0.25, 0.3) is 5.69 Å². The maximum absolute atomic E-state index is 12.6.